The topological polar surface area (TPSA) is 275 Å². The van der Waals surface area contributed by atoms with E-state index >= 15 is 17.6 Å². The Balaban J connectivity index is 1.54. The second-order valence-electron chi connectivity index (χ2n) is 15.0. The molecule has 4 aromatic carbocycles. The molecule has 0 amide bonds. The molecular weight excluding hydrogens is 981 g/mol. The fourth-order valence-electron chi connectivity index (χ4n) is 7.76. The molecule has 68 heavy (non-hydrogen) atoms. The molecule has 3 aromatic heterocycles. The second-order valence-corrected chi connectivity index (χ2v) is 20.7. The summed E-state index contributed by atoms with van der Waals surface area (Å²) in [6.07, 6.45) is 5.09. The molecule has 5 heterocycles. The van der Waals surface area contributed by atoms with Gasteiger partial charge in [0, 0.05) is 66.6 Å². The van der Waals surface area contributed by atoms with E-state index in [2.05, 4.69) is 19.9 Å². The number of rotatable bonds is 8. The highest BCUT2D eigenvalue weighted by Crippen LogP contribution is 2.41. The number of fused-ring (bicyclic) bond motifs is 8. The lowest BCUT2D eigenvalue weighted by atomic mass is 10.0. The highest BCUT2D eigenvalue weighted by molar-refractivity contribution is 7.86. The zero-order valence-electron chi connectivity index (χ0n) is 33.6. The maximum Gasteiger partial charge on any atom is 0.294 e. The van der Waals surface area contributed by atoms with Gasteiger partial charge in [0.05, 0.1) is 42.4 Å². The number of H-pyrrole nitrogens is 2. The van der Waals surface area contributed by atoms with Gasteiger partial charge in [0.25, 0.3) is 40.5 Å². The molecule has 0 saturated carbocycles. The van der Waals surface area contributed by atoms with Crippen molar-refractivity contribution in [2.45, 2.75) is 19.6 Å². The fraction of sp³-hybridized carbons (Fsp3) is 0. The van der Waals surface area contributed by atoms with Crippen molar-refractivity contribution in [3.8, 4) is 44.5 Å². The van der Waals surface area contributed by atoms with Gasteiger partial charge < -0.3 is 9.97 Å². The van der Waals surface area contributed by atoms with Crippen LogP contribution in [0.3, 0.4) is 0 Å². The molecule has 0 unspecified atom stereocenters. The molecule has 346 valence electrons. The molecule has 16 nitrogen and oxygen atoms in total. The lowest BCUT2D eigenvalue weighted by molar-refractivity contribution is 0.480. The van der Waals surface area contributed by atoms with E-state index in [-0.39, 0.29) is 67.1 Å². The van der Waals surface area contributed by atoms with Gasteiger partial charge in [-0.25, -0.2) is 27.5 Å². The lowest BCUT2D eigenvalue weighted by Crippen LogP contribution is -2.01. The van der Waals surface area contributed by atoms with Crippen LogP contribution >= 0.6 is 0 Å². The Hall–Kier alpha value is -7.16. The van der Waals surface area contributed by atoms with Crippen LogP contribution in [0.15, 0.2) is 117 Å². The van der Waals surface area contributed by atoms with Crippen LogP contribution in [0.1, 0.15) is 22.8 Å². The standard InChI is InChI=1S/C44H26F4N4O12S4/c45-29-5-1-21(65(53,54)55)17-25(29)41-33-9-11-35(49-33)42(26-18-22(66(56,57)58)2-6-30(26)46)37-13-15-39(51-37)44(28-20-24(68(62,63)64)4-8-32(28)48)40-16-14-38(52-40)43(36-12-10-34(41)50-36)27-19-23(67(59,60)61)3-7-31(27)47/h1-20,49,52H,(H,53,54,55)(H,56,57,58)(H,59,60,61)(H,62,63,64). The molecule has 9 rings (SSSR count). The van der Waals surface area contributed by atoms with Crippen molar-refractivity contribution in [1.29, 1.82) is 0 Å². The smallest absolute Gasteiger partial charge is 0.294 e. The van der Waals surface area contributed by atoms with E-state index in [4.69, 9.17) is 0 Å². The fourth-order valence-corrected chi connectivity index (χ4v) is 9.79. The van der Waals surface area contributed by atoms with Gasteiger partial charge in [0.15, 0.2) is 0 Å². The summed E-state index contributed by atoms with van der Waals surface area (Å²) in [5.41, 5.74) is -4.27. The third kappa shape index (κ3) is 8.43. The highest BCUT2D eigenvalue weighted by atomic mass is 32.2. The van der Waals surface area contributed by atoms with Gasteiger partial charge in [0.2, 0.25) is 0 Å². The molecule has 24 heteroatoms. The van der Waals surface area contributed by atoms with E-state index < -0.39 is 106 Å². The van der Waals surface area contributed by atoms with Crippen molar-refractivity contribution in [2.24, 2.45) is 0 Å². The van der Waals surface area contributed by atoms with E-state index in [1.165, 1.54) is 48.6 Å². The summed E-state index contributed by atoms with van der Waals surface area (Å²) in [5.74, 6) is -4.28. The molecule has 0 radical (unpaired) electrons. The van der Waals surface area contributed by atoms with Crippen molar-refractivity contribution in [3.63, 3.8) is 0 Å². The number of aromatic nitrogens is 4. The van der Waals surface area contributed by atoms with Gasteiger partial charge >= 0.3 is 0 Å². The second kappa shape index (κ2) is 16.3. The highest BCUT2D eigenvalue weighted by Gasteiger charge is 2.26. The van der Waals surface area contributed by atoms with Crippen LogP contribution in [0.2, 0.25) is 0 Å². The summed E-state index contributed by atoms with van der Waals surface area (Å²) in [5, 5.41) is 0. The van der Waals surface area contributed by atoms with Crippen LogP contribution in [0, 0.1) is 23.3 Å². The van der Waals surface area contributed by atoms with Crippen LogP contribution in [0.25, 0.3) is 90.9 Å². The summed E-state index contributed by atoms with van der Waals surface area (Å²) in [6, 6.07) is 14.4. The van der Waals surface area contributed by atoms with E-state index in [0.29, 0.717) is 0 Å². The molecule has 0 saturated heterocycles. The minimum atomic E-state index is -4.99. The Kier molecular flexibility index (Phi) is 11.0. The Morgan fingerprint density at radius 2 is 0.544 bits per heavy atom. The number of hydrogen-bond donors (Lipinski definition) is 6. The number of halogens is 4. The average Bonchev–Trinajstić information content (AvgIpc) is 4.10. The monoisotopic (exact) mass is 1010 g/mol. The molecule has 2 aliphatic rings. The summed E-state index contributed by atoms with van der Waals surface area (Å²) in [6.45, 7) is 0. The zero-order valence-corrected chi connectivity index (χ0v) is 36.9. The average molecular weight is 1010 g/mol. The third-order valence-electron chi connectivity index (χ3n) is 10.8. The van der Waals surface area contributed by atoms with Crippen LogP contribution in [0.5, 0.6) is 0 Å². The Bertz CT molecular complexity index is 3580. The first kappa shape index (κ1) is 46.0. The molecule has 0 fully saturated rings. The van der Waals surface area contributed by atoms with Gasteiger partial charge in [-0.3, -0.25) is 18.2 Å². The van der Waals surface area contributed by atoms with Crippen molar-refractivity contribution < 1.29 is 69.4 Å². The predicted molar refractivity (Wildman–Crippen MR) is 240 cm³/mol. The number of nitrogens with one attached hydrogen (secondary N) is 2. The number of hydrogen-bond acceptors (Lipinski definition) is 10. The summed E-state index contributed by atoms with van der Waals surface area (Å²) in [4.78, 5) is 12.2. The van der Waals surface area contributed by atoms with Crippen LogP contribution in [-0.4, -0.2) is 71.8 Å². The number of nitrogens with zero attached hydrogens (tertiary/aromatic N) is 2. The first-order valence-corrected chi connectivity index (χ1v) is 24.9. The molecule has 2 aliphatic heterocycles. The Morgan fingerprint density at radius 1 is 0.338 bits per heavy atom. The van der Waals surface area contributed by atoms with Crippen molar-refractivity contribution in [3.05, 3.63) is 143 Å². The van der Waals surface area contributed by atoms with Gasteiger partial charge in [-0.15, -0.1) is 0 Å². The van der Waals surface area contributed by atoms with Gasteiger partial charge in [0.1, 0.15) is 23.3 Å². The summed E-state index contributed by atoms with van der Waals surface area (Å²) >= 11 is 0. The van der Waals surface area contributed by atoms with Crippen LogP contribution in [0.4, 0.5) is 17.6 Å². The predicted octanol–water partition coefficient (Wildman–Crippen LogP) is 8.87. The first-order chi connectivity index (χ1) is 31.9. The molecule has 0 aliphatic carbocycles. The van der Waals surface area contributed by atoms with Crippen LogP contribution < -0.4 is 0 Å². The minimum absolute atomic E-state index is 0.113. The van der Waals surface area contributed by atoms with Gasteiger partial charge in [-0.1, -0.05) is 0 Å². The molecule has 8 bridgehead atoms. The lowest BCUT2D eigenvalue weighted by Gasteiger charge is -2.10. The van der Waals surface area contributed by atoms with E-state index in [1.807, 2.05) is 0 Å². The summed E-state index contributed by atoms with van der Waals surface area (Å²) < 4.78 is 204. The molecule has 0 atom stereocenters. The maximum absolute atomic E-state index is 16.1. The Labute approximate surface area is 381 Å². The Morgan fingerprint density at radius 3 is 0.735 bits per heavy atom. The third-order valence-corrected chi connectivity index (χ3v) is 14.2. The largest absolute Gasteiger partial charge is 0.354 e. The van der Waals surface area contributed by atoms with Gasteiger partial charge in [-0.2, -0.15) is 33.7 Å². The normalized spacial score (nSPS) is 13.1. The first-order valence-electron chi connectivity index (χ1n) is 19.1. The zero-order chi connectivity index (χ0) is 48.8. The van der Waals surface area contributed by atoms with Crippen molar-refractivity contribution in [1.82, 2.24) is 19.9 Å². The molecule has 7 aromatic rings. The van der Waals surface area contributed by atoms with Gasteiger partial charge in [-0.05, 0) is 121 Å². The van der Waals surface area contributed by atoms with E-state index in [1.54, 1.807) is 0 Å². The minimum Gasteiger partial charge on any atom is -0.354 e. The maximum atomic E-state index is 16.1. The van der Waals surface area contributed by atoms with Crippen molar-refractivity contribution in [2.75, 3.05) is 0 Å². The quantitative estimate of drug-likeness (QED) is 0.0613. The number of benzene rings is 4. The molecule has 6 N–H and O–H groups in total. The van der Waals surface area contributed by atoms with Crippen LogP contribution in [-0.2, 0) is 40.5 Å². The van der Waals surface area contributed by atoms with E-state index in [9.17, 15) is 51.9 Å². The van der Waals surface area contributed by atoms with E-state index in [0.717, 1.165) is 72.8 Å². The summed E-state index contributed by atoms with van der Waals surface area (Å²) in [7, 11) is -19.9. The molecular formula is C44H26F4N4O12S4. The molecule has 0 spiro atoms. The SMILES string of the molecule is O=S(=O)(O)c1ccc(F)c(-c2c3nc(c(-c4cc(S(=O)(=O)O)ccc4F)c4ccc([nH]4)c(-c4cc(S(=O)(=O)O)ccc4F)c4nc(c(-c5cc(S(=O)(=O)O)ccc5F)c5ccc2[nH]5)C=C4)C=C3)c1. The van der Waals surface area contributed by atoms with Crippen molar-refractivity contribution >= 4 is 86.8 Å². The number of aromatic amines is 2.